The number of allylic oxidation sites excluding steroid dienone is 4. The monoisotopic (exact) mass is 227 g/mol. The van der Waals surface area contributed by atoms with E-state index in [0.717, 1.165) is 6.42 Å². The number of hydrogen-bond acceptors (Lipinski definition) is 0. The van der Waals surface area contributed by atoms with Crippen molar-refractivity contribution in [1.82, 2.24) is 0 Å². The zero-order valence-corrected chi connectivity index (χ0v) is 9.95. The van der Waals surface area contributed by atoms with Crippen LogP contribution in [0.25, 0.3) is 0 Å². The summed E-state index contributed by atoms with van der Waals surface area (Å²) in [5.41, 5.74) is 1.36. The third kappa shape index (κ3) is 5.98. The molecular weight excluding hydrogens is 215 g/mol. The second-order valence-electron chi connectivity index (χ2n) is 2.17. The Hall–Kier alpha value is 0.774. The van der Waals surface area contributed by atoms with Gasteiger partial charge >= 0.3 is 0 Å². The minimum Gasteiger partial charge on any atom is -0.266 e. The smallest absolute Gasteiger partial charge is 0 e. The van der Waals surface area contributed by atoms with Crippen LogP contribution in [0.15, 0.2) is 17.7 Å². The van der Waals surface area contributed by atoms with Gasteiger partial charge in [-0.2, -0.15) is 6.08 Å². The van der Waals surface area contributed by atoms with E-state index in [1.807, 2.05) is 0 Å². The minimum absolute atomic E-state index is 0. The van der Waals surface area contributed by atoms with Crippen LogP contribution in [0.1, 0.15) is 20.3 Å². The molecular formula is C8H13Cl2Ti-. The van der Waals surface area contributed by atoms with Crippen LogP contribution < -0.4 is 0 Å². The SMILES string of the molecule is CCC1=[C-]C(C)C=C1.Cl.Cl.[Ti]. The largest absolute Gasteiger partial charge is 0.266 e. The molecule has 0 heterocycles. The summed E-state index contributed by atoms with van der Waals surface area (Å²) < 4.78 is 0. The fourth-order valence-corrected chi connectivity index (χ4v) is 0.869. The van der Waals surface area contributed by atoms with Crippen LogP contribution in [0, 0.1) is 12.0 Å². The Morgan fingerprint density at radius 3 is 2.18 bits per heavy atom. The Kier molecular flexibility index (Phi) is 14.3. The molecule has 0 N–H and O–H groups in total. The van der Waals surface area contributed by atoms with Crippen molar-refractivity contribution in [3.05, 3.63) is 23.8 Å². The van der Waals surface area contributed by atoms with E-state index in [2.05, 4.69) is 32.1 Å². The first-order valence-corrected chi connectivity index (χ1v) is 3.13. The molecule has 0 saturated heterocycles. The molecule has 3 heteroatoms. The predicted molar refractivity (Wildman–Crippen MR) is 49.8 cm³/mol. The Morgan fingerprint density at radius 2 is 2.00 bits per heavy atom. The van der Waals surface area contributed by atoms with Gasteiger partial charge < -0.3 is 0 Å². The summed E-state index contributed by atoms with van der Waals surface area (Å²) in [6.07, 6.45) is 8.77. The van der Waals surface area contributed by atoms with E-state index in [1.54, 1.807) is 0 Å². The quantitative estimate of drug-likeness (QED) is 0.477. The first kappa shape index (κ1) is 17.8. The van der Waals surface area contributed by atoms with Gasteiger partial charge in [-0.15, -0.1) is 24.8 Å². The summed E-state index contributed by atoms with van der Waals surface area (Å²) in [5.74, 6) is 0.560. The van der Waals surface area contributed by atoms with Crippen LogP contribution in [-0.4, -0.2) is 0 Å². The molecule has 0 fully saturated rings. The van der Waals surface area contributed by atoms with Crippen molar-refractivity contribution >= 4 is 24.8 Å². The topological polar surface area (TPSA) is 0 Å². The van der Waals surface area contributed by atoms with Crippen molar-refractivity contribution in [2.24, 2.45) is 5.92 Å². The molecule has 0 amide bonds. The molecule has 11 heavy (non-hydrogen) atoms. The van der Waals surface area contributed by atoms with E-state index in [-0.39, 0.29) is 46.5 Å². The zero-order valence-electron chi connectivity index (χ0n) is 6.76. The molecule has 1 aliphatic carbocycles. The van der Waals surface area contributed by atoms with Gasteiger partial charge in [0.1, 0.15) is 0 Å². The maximum absolute atomic E-state index is 3.31. The van der Waals surface area contributed by atoms with Gasteiger partial charge in [0.25, 0.3) is 0 Å². The molecule has 0 aliphatic heterocycles. The Bertz CT molecular complexity index is 141. The molecule has 0 aromatic carbocycles. The first-order chi connectivity index (χ1) is 3.83. The average Bonchev–Trinajstić information content (AvgIpc) is 2.14. The minimum atomic E-state index is 0. The van der Waals surface area contributed by atoms with Crippen molar-refractivity contribution in [1.29, 1.82) is 0 Å². The van der Waals surface area contributed by atoms with E-state index >= 15 is 0 Å². The zero-order chi connectivity index (χ0) is 5.98. The van der Waals surface area contributed by atoms with E-state index in [0.29, 0.717) is 5.92 Å². The van der Waals surface area contributed by atoms with Gasteiger partial charge in [0, 0.05) is 21.7 Å². The average molecular weight is 228 g/mol. The number of halogens is 2. The van der Waals surface area contributed by atoms with Gasteiger partial charge in [0.2, 0.25) is 0 Å². The maximum atomic E-state index is 3.31. The van der Waals surface area contributed by atoms with E-state index in [4.69, 9.17) is 0 Å². The van der Waals surface area contributed by atoms with Crippen molar-refractivity contribution in [3.8, 4) is 0 Å². The molecule has 0 radical (unpaired) electrons. The van der Waals surface area contributed by atoms with E-state index < -0.39 is 0 Å². The molecule has 1 rings (SSSR count). The second-order valence-corrected chi connectivity index (χ2v) is 2.17. The van der Waals surface area contributed by atoms with Crippen LogP contribution in [0.3, 0.4) is 0 Å². The van der Waals surface area contributed by atoms with Gasteiger partial charge in [-0.1, -0.05) is 26.2 Å². The van der Waals surface area contributed by atoms with E-state index in [1.165, 1.54) is 5.57 Å². The van der Waals surface area contributed by atoms with Crippen molar-refractivity contribution in [2.75, 3.05) is 0 Å². The molecule has 0 spiro atoms. The number of hydrogen-bond donors (Lipinski definition) is 0. The predicted octanol–water partition coefficient (Wildman–Crippen LogP) is 3.17. The fraction of sp³-hybridized carbons (Fsp3) is 0.500. The number of rotatable bonds is 1. The van der Waals surface area contributed by atoms with Gasteiger partial charge in [-0.3, -0.25) is 6.08 Å². The second kappa shape index (κ2) is 8.87. The van der Waals surface area contributed by atoms with E-state index in [9.17, 15) is 0 Å². The molecule has 1 aliphatic rings. The molecule has 0 aromatic rings. The summed E-state index contributed by atoms with van der Waals surface area (Å²) in [7, 11) is 0. The molecule has 64 valence electrons. The van der Waals surface area contributed by atoms with Gasteiger partial charge in [-0.05, 0) is 0 Å². The van der Waals surface area contributed by atoms with Crippen LogP contribution in [0.4, 0.5) is 0 Å². The third-order valence-corrected chi connectivity index (χ3v) is 1.38. The third-order valence-electron chi connectivity index (χ3n) is 1.38. The van der Waals surface area contributed by atoms with Crippen LogP contribution >= 0.6 is 24.8 Å². The summed E-state index contributed by atoms with van der Waals surface area (Å²) in [4.78, 5) is 0. The van der Waals surface area contributed by atoms with Crippen LogP contribution in [0.2, 0.25) is 0 Å². The molecule has 0 aromatic heterocycles. The summed E-state index contributed by atoms with van der Waals surface area (Å²) in [6.45, 7) is 4.31. The van der Waals surface area contributed by atoms with Crippen molar-refractivity contribution in [3.63, 3.8) is 0 Å². The van der Waals surface area contributed by atoms with Crippen molar-refractivity contribution < 1.29 is 21.7 Å². The Balaban J connectivity index is -0.000000213. The molecule has 0 nitrogen and oxygen atoms in total. The molecule has 0 bridgehead atoms. The van der Waals surface area contributed by atoms with Gasteiger partial charge in [-0.25, -0.2) is 11.6 Å². The summed E-state index contributed by atoms with van der Waals surface area (Å²) in [6, 6.07) is 0. The fourth-order valence-electron chi connectivity index (χ4n) is 0.869. The van der Waals surface area contributed by atoms with Gasteiger partial charge in [0.05, 0.1) is 0 Å². The first-order valence-electron chi connectivity index (χ1n) is 3.13. The van der Waals surface area contributed by atoms with Crippen molar-refractivity contribution in [2.45, 2.75) is 20.3 Å². The normalized spacial score (nSPS) is 19.1. The molecule has 0 saturated carbocycles. The van der Waals surface area contributed by atoms with Crippen LogP contribution in [0.5, 0.6) is 0 Å². The Morgan fingerprint density at radius 1 is 1.45 bits per heavy atom. The molecule has 1 atom stereocenters. The van der Waals surface area contributed by atoms with Gasteiger partial charge in [0.15, 0.2) is 0 Å². The summed E-state index contributed by atoms with van der Waals surface area (Å²) in [5, 5.41) is 0. The summed E-state index contributed by atoms with van der Waals surface area (Å²) >= 11 is 0. The maximum Gasteiger partial charge on any atom is 0 e. The standard InChI is InChI=1S/C8H11.2ClH.Ti/c1-3-8-5-4-7(2)6-8;;;/h4-5,7H,3H2,1-2H3;2*1H;/q-1;;;. The Labute approximate surface area is 96.2 Å². The molecule has 1 unspecified atom stereocenters. The van der Waals surface area contributed by atoms with Crippen LogP contribution in [-0.2, 0) is 21.7 Å².